The predicted molar refractivity (Wildman–Crippen MR) is 78.9 cm³/mol. The van der Waals surface area contributed by atoms with Crippen molar-refractivity contribution in [2.45, 2.75) is 44.0 Å². The molecule has 0 amide bonds. The normalized spacial score (nSPS) is 25.6. The van der Waals surface area contributed by atoms with E-state index in [2.05, 4.69) is 45.7 Å². The smallest absolute Gasteiger partial charge is 0.165 e. The fourth-order valence-electron chi connectivity index (χ4n) is 2.73. The highest BCUT2D eigenvalue weighted by Gasteiger charge is 2.53. The third-order valence-corrected chi connectivity index (χ3v) is 5.94. The van der Waals surface area contributed by atoms with Crippen LogP contribution in [0.1, 0.15) is 33.1 Å². The Morgan fingerprint density at radius 2 is 2.06 bits per heavy atom. The molecule has 1 aromatic carbocycles. The highest BCUT2D eigenvalue weighted by molar-refractivity contribution is 9.10. The first kappa shape index (κ1) is 14.3. The van der Waals surface area contributed by atoms with Gasteiger partial charge < -0.3 is 4.74 Å². The number of hydrogen-bond donors (Lipinski definition) is 0. The minimum atomic E-state index is -0.294. The summed E-state index contributed by atoms with van der Waals surface area (Å²) in [5, 5.41) is 0. The Balaban J connectivity index is 2.17. The van der Waals surface area contributed by atoms with E-state index in [4.69, 9.17) is 4.74 Å². The third-order valence-electron chi connectivity index (χ3n) is 4.17. The van der Waals surface area contributed by atoms with Crippen LogP contribution in [0, 0.1) is 11.2 Å². The zero-order valence-corrected chi connectivity index (χ0v) is 13.7. The lowest BCUT2D eigenvalue weighted by Crippen LogP contribution is -2.56. The van der Waals surface area contributed by atoms with E-state index in [0.717, 1.165) is 23.7 Å². The Morgan fingerprint density at radius 1 is 1.39 bits per heavy atom. The number of benzene rings is 1. The molecule has 2 atom stereocenters. The molecule has 0 bridgehead atoms. The summed E-state index contributed by atoms with van der Waals surface area (Å²) in [5.41, 5.74) is 0.134. The van der Waals surface area contributed by atoms with E-state index < -0.39 is 0 Å². The Kier molecular flexibility index (Phi) is 4.37. The van der Waals surface area contributed by atoms with Gasteiger partial charge in [0, 0.05) is 14.7 Å². The summed E-state index contributed by atoms with van der Waals surface area (Å²) in [6.45, 7) is 4.34. The summed E-state index contributed by atoms with van der Waals surface area (Å²) in [4.78, 5) is 0.472. The van der Waals surface area contributed by atoms with Crippen molar-refractivity contribution in [1.29, 1.82) is 0 Å². The van der Waals surface area contributed by atoms with E-state index in [1.165, 1.54) is 6.07 Å². The van der Waals surface area contributed by atoms with Crippen LogP contribution in [0.5, 0.6) is 5.75 Å². The Hall–Kier alpha value is -0.0900. The van der Waals surface area contributed by atoms with Gasteiger partial charge in [-0.1, -0.05) is 45.7 Å². The predicted octanol–water partition coefficient (Wildman–Crippen LogP) is 5.31. The Morgan fingerprint density at radius 3 is 2.61 bits per heavy atom. The van der Waals surface area contributed by atoms with Gasteiger partial charge >= 0.3 is 0 Å². The van der Waals surface area contributed by atoms with Crippen LogP contribution < -0.4 is 4.74 Å². The van der Waals surface area contributed by atoms with E-state index >= 15 is 0 Å². The van der Waals surface area contributed by atoms with E-state index in [1.807, 2.05) is 0 Å². The van der Waals surface area contributed by atoms with Crippen LogP contribution in [0.3, 0.4) is 0 Å². The van der Waals surface area contributed by atoms with Crippen LogP contribution in [0.2, 0.25) is 0 Å². The molecule has 0 heterocycles. The highest BCUT2D eigenvalue weighted by Crippen LogP contribution is 2.52. The van der Waals surface area contributed by atoms with Gasteiger partial charge in [0.25, 0.3) is 0 Å². The van der Waals surface area contributed by atoms with E-state index in [0.29, 0.717) is 10.6 Å². The first-order valence-electron chi connectivity index (χ1n) is 6.29. The van der Waals surface area contributed by atoms with Crippen molar-refractivity contribution < 1.29 is 9.13 Å². The summed E-state index contributed by atoms with van der Waals surface area (Å²) in [6.07, 6.45) is 3.12. The molecule has 0 saturated heterocycles. The summed E-state index contributed by atoms with van der Waals surface area (Å²) in [6, 6.07) is 4.82. The second-order valence-electron chi connectivity index (χ2n) is 4.82. The zero-order valence-electron chi connectivity index (χ0n) is 10.6. The molecular weight excluding hydrogens is 363 g/mol. The van der Waals surface area contributed by atoms with Crippen molar-refractivity contribution in [3.63, 3.8) is 0 Å². The summed E-state index contributed by atoms with van der Waals surface area (Å²) in [7, 11) is 0. The lowest BCUT2D eigenvalue weighted by atomic mass is 9.62. The molecule has 0 radical (unpaired) electrons. The Bertz CT molecular complexity index is 432. The zero-order chi connectivity index (χ0) is 13.3. The molecule has 0 aliphatic heterocycles. The van der Waals surface area contributed by atoms with Crippen LogP contribution in [0.25, 0.3) is 0 Å². The minimum Gasteiger partial charge on any atom is -0.487 e. The molecule has 1 saturated carbocycles. The topological polar surface area (TPSA) is 9.23 Å². The number of rotatable bonds is 4. The molecule has 0 spiro atoms. The minimum absolute atomic E-state index is 0.0978. The standard InChI is InChI=1S/C14H17Br2FO/c1-3-14(4-2)12(16)8-13(14)18-11-7-9(15)5-6-10(11)17/h5-7,12-13H,3-4,8H2,1-2H3. The first-order chi connectivity index (χ1) is 8.53. The molecule has 2 unspecified atom stereocenters. The molecule has 1 aliphatic carbocycles. The van der Waals surface area contributed by atoms with Crippen molar-refractivity contribution in [3.05, 3.63) is 28.5 Å². The Labute approximate surface area is 124 Å². The van der Waals surface area contributed by atoms with Crippen LogP contribution in [0.4, 0.5) is 4.39 Å². The van der Waals surface area contributed by atoms with E-state index in [9.17, 15) is 4.39 Å². The number of alkyl halides is 1. The second-order valence-corrected chi connectivity index (χ2v) is 6.85. The maximum atomic E-state index is 13.7. The average molecular weight is 380 g/mol. The van der Waals surface area contributed by atoms with Crippen LogP contribution in [-0.4, -0.2) is 10.9 Å². The number of halogens is 3. The molecule has 1 aromatic rings. The number of ether oxygens (including phenoxy) is 1. The highest BCUT2D eigenvalue weighted by atomic mass is 79.9. The molecule has 4 heteroatoms. The fourth-order valence-corrected chi connectivity index (χ4v) is 4.36. The molecule has 100 valence electrons. The maximum Gasteiger partial charge on any atom is 0.165 e. The monoisotopic (exact) mass is 378 g/mol. The molecule has 0 aromatic heterocycles. The van der Waals surface area contributed by atoms with Crippen molar-refractivity contribution in [2.75, 3.05) is 0 Å². The van der Waals surface area contributed by atoms with Gasteiger partial charge in [-0.15, -0.1) is 0 Å². The largest absolute Gasteiger partial charge is 0.487 e. The molecule has 0 N–H and O–H groups in total. The van der Waals surface area contributed by atoms with Gasteiger partial charge in [-0.2, -0.15) is 0 Å². The quantitative estimate of drug-likeness (QED) is 0.644. The summed E-state index contributed by atoms with van der Waals surface area (Å²) >= 11 is 7.05. The van der Waals surface area contributed by atoms with Gasteiger partial charge in [0.1, 0.15) is 6.10 Å². The van der Waals surface area contributed by atoms with Gasteiger partial charge in [0.05, 0.1) is 0 Å². The average Bonchev–Trinajstić information content (AvgIpc) is 2.35. The van der Waals surface area contributed by atoms with Crippen molar-refractivity contribution in [3.8, 4) is 5.75 Å². The van der Waals surface area contributed by atoms with Crippen molar-refractivity contribution in [2.24, 2.45) is 5.41 Å². The van der Waals surface area contributed by atoms with Gasteiger partial charge in [-0.3, -0.25) is 0 Å². The lowest BCUT2D eigenvalue weighted by molar-refractivity contribution is -0.0430. The second kappa shape index (κ2) is 5.49. The third kappa shape index (κ3) is 2.34. The van der Waals surface area contributed by atoms with Crippen molar-refractivity contribution in [1.82, 2.24) is 0 Å². The van der Waals surface area contributed by atoms with Gasteiger partial charge in [0.15, 0.2) is 11.6 Å². The molecule has 2 rings (SSSR count). The van der Waals surface area contributed by atoms with E-state index in [-0.39, 0.29) is 17.3 Å². The molecule has 1 aliphatic rings. The molecule has 18 heavy (non-hydrogen) atoms. The summed E-state index contributed by atoms with van der Waals surface area (Å²) in [5.74, 6) is 0.0531. The van der Waals surface area contributed by atoms with Gasteiger partial charge in [-0.25, -0.2) is 4.39 Å². The van der Waals surface area contributed by atoms with Crippen LogP contribution in [-0.2, 0) is 0 Å². The first-order valence-corrected chi connectivity index (χ1v) is 8.00. The molecular formula is C14H17Br2FO. The van der Waals surface area contributed by atoms with Gasteiger partial charge in [-0.05, 0) is 37.5 Å². The SMILES string of the molecule is CCC1(CC)C(Br)CC1Oc1cc(Br)ccc1F. The number of hydrogen-bond acceptors (Lipinski definition) is 1. The fraction of sp³-hybridized carbons (Fsp3) is 0.571. The van der Waals surface area contributed by atoms with Crippen LogP contribution in [0.15, 0.2) is 22.7 Å². The van der Waals surface area contributed by atoms with E-state index in [1.54, 1.807) is 12.1 Å². The van der Waals surface area contributed by atoms with Gasteiger partial charge in [0.2, 0.25) is 0 Å². The molecule has 1 fully saturated rings. The summed E-state index contributed by atoms with van der Waals surface area (Å²) < 4.78 is 20.4. The molecule has 1 nitrogen and oxygen atoms in total. The lowest BCUT2D eigenvalue weighted by Gasteiger charge is -2.52. The van der Waals surface area contributed by atoms with Crippen molar-refractivity contribution >= 4 is 31.9 Å². The maximum absolute atomic E-state index is 13.7. The van der Waals surface area contributed by atoms with Crippen LogP contribution >= 0.6 is 31.9 Å².